The van der Waals surface area contributed by atoms with Crippen LogP contribution in [0.15, 0.2) is 30.5 Å². The largest absolute Gasteiger partial charge is 0.480 e. The number of carboxylic acids is 1. The summed E-state index contributed by atoms with van der Waals surface area (Å²) in [5.74, 6) is -4.58. The molecule has 2 heterocycles. The van der Waals surface area contributed by atoms with Crippen molar-refractivity contribution >= 4 is 40.5 Å². The number of primary amides is 1. The van der Waals surface area contributed by atoms with Crippen LogP contribution in [0, 0.1) is 0 Å². The summed E-state index contributed by atoms with van der Waals surface area (Å²) in [6.45, 7) is 1.84. The first-order chi connectivity index (χ1) is 17.6. The van der Waals surface area contributed by atoms with Gasteiger partial charge in [-0.05, 0) is 37.9 Å². The molecule has 5 atom stereocenters. The summed E-state index contributed by atoms with van der Waals surface area (Å²) in [6, 6.07) is 2.63. The molecule has 4 amide bonds. The van der Waals surface area contributed by atoms with Crippen LogP contribution in [0.3, 0.4) is 0 Å². The van der Waals surface area contributed by atoms with E-state index < -0.39 is 60.4 Å². The van der Waals surface area contributed by atoms with Gasteiger partial charge >= 0.3 is 5.97 Å². The highest BCUT2D eigenvalue weighted by Gasteiger charge is 2.33. The fourth-order valence-corrected chi connectivity index (χ4v) is 4.24. The summed E-state index contributed by atoms with van der Waals surface area (Å²) in [4.78, 5) is 65.1. The Morgan fingerprint density at radius 1 is 1.08 bits per heavy atom. The number of rotatable bonds is 12. The molecule has 0 aliphatic carbocycles. The molecule has 1 aliphatic rings. The number of hydrogen-bond acceptors (Lipinski definition) is 7. The molecule has 3 rings (SSSR count). The Bertz CT molecular complexity index is 1160. The number of para-hydroxylation sites is 1. The molecule has 1 fully saturated rings. The lowest BCUT2D eigenvalue weighted by atomic mass is 10.0. The molecule has 9 N–H and O–H groups in total. The summed E-state index contributed by atoms with van der Waals surface area (Å²) in [7, 11) is 0. The van der Waals surface area contributed by atoms with Gasteiger partial charge in [0.1, 0.15) is 12.1 Å². The number of benzene rings is 1. The molecule has 13 nitrogen and oxygen atoms in total. The minimum Gasteiger partial charge on any atom is -0.480 e. The van der Waals surface area contributed by atoms with E-state index in [1.807, 2.05) is 24.3 Å². The van der Waals surface area contributed by atoms with Crippen LogP contribution in [0.25, 0.3) is 10.9 Å². The van der Waals surface area contributed by atoms with Gasteiger partial charge in [-0.25, -0.2) is 4.79 Å². The lowest BCUT2D eigenvalue weighted by molar-refractivity contribution is -0.145. The zero-order valence-electron chi connectivity index (χ0n) is 20.3. The Morgan fingerprint density at radius 2 is 1.78 bits per heavy atom. The van der Waals surface area contributed by atoms with E-state index in [0.29, 0.717) is 13.0 Å². The van der Waals surface area contributed by atoms with E-state index in [2.05, 4.69) is 26.3 Å². The fourth-order valence-electron chi connectivity index (χ4n) is 4.24. The van der Waals surface area contributed by atoms with E-state index in [-0.39, 0.29) is 12.3 Å². The number of amides is 4. The third kappa shape index (κ3) is 7.27. The number of carbonyl (C=O) groups excluding carboxylic acids is 4. The molecule has 1 aromatic carbocycles. The Kier molecular flexibility index (Phi) is 9.20. The Balaban J connectivity index is 1.82. The molecule has 0 saturated carbocycles. The number of aliphatic hydroxyl groups excluding tert-OH is 1. The van der Waals surface area contributed by atoms with Crippen LogP contribution >= 0.6 is 0 Å². The second-order valence-corrected chi connectivity index (χ2v) is 9.07. The number of aliphatic carboxylic acids is 1. The van der Waals surface area contributed by atoms with Crippen molar-refractivity contribution in [3.8, 4) is 0 Å². The Labute approximate surface area is 212 Å². The predicted molar refractivity (Wildman–Crippen MR) is 132 cm³/mol. The molecule has 1 aliphatic heterocycles. The molecule has 200 valence electrons. The molecule has 2 aromatic rings. The number of aliphatic hydroxyl groups is 1. The maximum Gasteiger partial charge on any atom is 0.328 e. The number of nitrogens with one attached hydrogen (secondary N) is 5. The maximum absolute atomic E-state index is 13.4. The van der Waals surface area contributed by atoms with E-state index in [1.165, 1.54) is 6.92 Å². The highest BCUT2D eigenvalue weighted by Crippen LogP contribution is 2.19. The van der Waals surface area contributed by atoms with Gasteiger partial charge < -0.3 is 42.2 Å². The molecule has 37 heavy (non-hydrogen) atoms. The normalized spacial score (nSPS) is 18.4. The first-order valence-corrected chi connectivity index (χ1v) is 12.0. The number of nitrogens with two attached hydrogens (primary N) is 1. The van der Waals surface area contributed by atoms with E-state index in [4.69, 9.17) is 5.73 Å². The van der Waals surface area contributed by atoms with Crippen molar-refractivity contribution in [1.82, 2.24) is 26.3 Å². The van der Waals surface area contributed by atoms with Gasteiger partial charge in [0.15, 0.2) is 6.04 Å². The second-order valence-electron chi connectivity index (χ2n) is 9.07. The predicted octanol–water partition coefficient (Wildman–Crippen LogP) is -1.74. The molecular formula is C24H32N6O7. The summed E-state index contributed by atoms with van der Waals surface area (Å²) >= 11 is 0. The van der Waals surface area contributed by atoms with Crippen molar-refractivity contribution in [3.63, 3.8) is 0 Å². The highest BCUT2D eigenvalue weighted by atomic mass is 16.4. The van der Waals surface area contributed by atoms with E-state index in [9.17, 15) is 34.2 Å². The van der Waals surface area contributed by atoms with Gasteiger partial charge in [0.25, 0.3) is 0 Å². The average Bonchev–Trinajstić information content (AvgIpc) is 3.51. The van der Waals surface area contributed by atoms with Gasteiger partial charge in [-0.2, -0.15) is 0 Å². The topological polar surface area (TPSA) is 216 Å². The van der Waals surface area contributed by atoms with Gasteiger partial charge in [0.05, 0.1) is 18.6 Å². The molecule has 5 unspecified atom stereocenters. The van der Waals surface area contributed by atoms with Crippen molar-refractivity contribution in [2.45, 2.75) is 62.9 Å². The number of H-pyrrole nitrogens is 1. The third-order valence-corrected chi connectivity index (χ3v) is 6.19. The number of aromatic nitrogens is 1. The van der Waals surface area contributed by atoms with Crippen LogP contribution in [0.2, 0.25) is 0 Å². The zero-order chi connectivity index (χ0) is 27.1. The smallest absolute Gasteiger partial charge is 0.328 e. The molecule has 1 aromatic heterocycles. The average molecular weight is 517 g/mol. The lowest BCUT2D eigenvalue weighted by Crippen LogP contribution is -2.59. The number of hydrogen-bond donors (Lipinski definition) is 8. The van der Waals surface area contributed by atoms with Crippen molar-refractivity contribution < 1.29 is 34.2 Å². The number of fused-ring (bicyclic) bond motifs is 1. The lowest BCUT2D eigenvalue weighted by Gasteiger charge is -2.25. The SMILES string of the molecule is CC(O)C(NC(=O)C(CC(N)=O)NC(=O)C(Cc1c[nH]c2ccccc12)NC(=O)C1CCCN1)C(=O)O. The molecule has 0 spiro atoms. The van der Waals surface area contributed by atoms with E-state index in [1.54, 1.807) is 6.20 Å². The number of aromatic amines is 1. The maximum atomic E-state index is 13.4. The Hall–Kier alpha value is -3.97. The van der Waals surface area contributed by atoms with Crippen LogP contribution < -0.4 is 27.0 Å². The Morgan fingerprint density at radius 3 is 2.41 bits per heavy atom. The molecule has 13 heteroatoms. The van der Waals surface area contributed by atoms with Gasteiger partial charge in [-0.1, -0.05) is 18.2 Å². The summed E-state index contributed by atoms with van der Waals surface area (Å²) in [5.41, 5.74) is 6.83. The summed E-state index contributed by atoms with van der Waals surface area (Å²) in [6.07, 6.45) is 1.15. The fraction of sp³-hybridized carbons (Fsp3) is 0.458. The van der Waals surface area contributed by atoms with Gasteiger partial charge in [-0.15, -0.1) is 0 Å². The molecular weight excluding hydrogens is 484 g/mol. The van der Waals surface area contributed by atoms with Crippen LogP contribution in [0.1, 0.15) is 31.7 Å². The van der Waals surface area contributed by atoms with Crippen LogP contribution in [-0.4, -0.2) is 81.6 Å². The van der Waals surface area contributed by atoms with Crippen molar-refractivity contribution in [2.75, 3.05) is 6.54 Å². The van der Waals surface area contributed by atoms with Gasteiger partial charge in [-0.3, -0.25) is 19.2 Å². The third-order valence-electron chi connectivity index (χ3n) is 6.19. The summed E-state index contributed by atoms with van der Waals surface area (Å²) in [5, 5.41) is 30.1. The van der Waals surface area contributed by atoms with E-state index in [0.717, 1.165) is 22.9 Å². The molecule has 0 radical (unpaired) electrons. The number of carbonyl (C=O) groups is 5. The van der Waals surface area contributed by atoms with E-state index >= 15 is 0 Å². The molecule has 1 saturated heterocycles. The monoisotopic (exact) mass is 516 g/mol. The quantitative estimate of drug-likeness (QED) is 0.162. The van der Waals surface area contributed by atoms with Crippen molar-refractivity contribution in [3.05, 3.63) is 36.0 Å². The van der Waals surface area contributed by atoms with Gasteiger partial charge in [0.2, 0.25) is 23.6 Å². The minimum atomic E-state index is -1.67. The first kappa shape index (κ1) is 27.6. The van der Waals surface area contributed by atoms with Crippen LogP contribution in [0.4, 0.5) is 0 Å². The number of carboxylic acid groups (broad SMARTS) is 1. The first-order valence-electron chi connectivity index (χ1n) is 12.0. The van der Waals surface area contributed by atoms with Gasteiger partial charge in [0, 0.05) is 23.5 Å². The summed E-state index contributed by atoms with van der Waals surface area (Å²) < 4.78 is 0. The molecule has 0 bridgehead atoms. The van der Waals surface area contributed by atoms with Crippen molar-refractivity contribution in [1.29, 1.82) is 0 Å². The highest BCUT2D eigenvalue weighted by molar-refractivity contribution is 5.96. The second kappa shape index (κ2) is 12.3. The standard InChI is InChI=1S/C24H32N6O7/c1-12(31)20(24(36)37)30-23(35)18(10-19(25)32)29-22(34)17(28-21(33)16-7-4-8-26-16)9-13-11-27-15-6-3-2-5-14(13)15/h2-3,5-6,11-12,16-18,20,26-27,31H,4,7-10H2,1H3,(H2,25,32)(H,28,33)(H,29,34)(H,30,35)(H,36,37). The minimum absolute atomic E-state index is 0.0740. The van der Waals surface area contributed by atoms with Crippen LogP contribution in [0.5, 0.6) is 0 Å². The zero-order valence-corrected chi connectivity index (χ0v) is 20.3. The van der Waals surface area contributed by atoms with Crippen molar-refractivity contribution in [2.24, 2.45) is 5.73 Å². The van der Waals surface area contributed by atoms with Crippen LogP contribution in [-0.2, 0) is 30.4 Å².